The molecule has 0 spiro atoms. The third-order valence-corrected chi connectivity index (χ3v) is 8.53. The van der Waals surface area contributed by atoms with Crippen LogP contribution in [-0.2, 0) is 9.84 Å². The lowest BCUT2D eigenvalue weighted by molar-refractivity contribution is 0.0746. The molecule has 0 aliphatic carbocycles. The van der Waals surface area contributed by atoms with Crippen LogP contribution in [0.15, 0.2) is 47.4 Å². The Morgan fingerprint density at radius 1 is 1.10 bits per heavy atom. The minimum atomic E-state index is -3.34. The Morgan fingerprint density at radius 2 is 1.81 bits per heavy atom. The number of aromatic nitrogens is 1. The smallest absolute Gasteiger partial charge is 0.254 e. The molecule has 1 fully saturated rings. The van der Waals surface area contributed by atoms with Gasteiger partial charge >= 0.3 is 0 Å². The number of thiazole rings is 1. The van der Waals surface area contributed by atoms with Gasteiger partial charge in [-0.1, -0.05) is 50.3 Å². The minimum absolute atomic E-state index is 0.0179. The van der Waals surface area contributed by atoms with Crippen LogP contribution < -0.4 is 4.90 Å². The van der Waals surface area contributed by atoms with Crippen LogP contribution >= 0.6 is 11.3 Å². The van der Waals surface area contributed by atoms with Gasteiger partial charge in [0.15, 0.2) is 15.0 Å². The van der Waals surface area contributed by atoms with Gasteiger partial charge in [-0.15, -0.1) is 0 Å². The van der Waals surface area contributed by atoms with Crippen molar-refractivity contribution in [3.8, 4) is 0 Å². The van der Waals surface area contributed by atoms with Gasteiger partial charge in [0.05, 0.1) is 20.9 Å². The van der Waals surface area contributed by atoms with Gasteiger partial charge in [-0.2, -0.15) is 0 Å². The summed E-state index contributed by atoms with van der Waals surface area (Å²) in [6.07, 6.45) is 0. The number of amides is 1. The normalized spacial score (nSPS) is 15.1. The Labute approximate surface area is 187 Å². The summed E-state index contributed by atoms with van der Waals surface area (Å²) in [5.41, 5.74) is 2.75. The van der Waals surface area contributed by atoms with Crippen molar-refractivity contribution in [2.75, 3.05) is 36.8 Å². The molecule has 0 bridgehead atoms. The lowest BCUT2D eigenvalue weighted by Gasteiger charge is -2.34. The molecule has 2 heterocycles. The highest BCUT2D eigenvalue weighted by Crippen LogP contribution is 2.33. The van der Waals surface area contributed by atoms with E-state index in [-0.39, 0.29) is 16.6 Å². The Hall–Kier alpha value is -2.45. The molecule has 0 unspecified atom stereocenters. The first-order chi connectivity index (χ1) is 14.8. The topological polar surface area (TPSA) is 70.6 Å². The van der Waals surface area contributed by atoms with Crippen LogP contribution in [0.25, 0.3) is 10.2 Å². The van der Waals surface area contributed by atoms with Gasteiger partial charge in [0.1, 0.15) is 0 Å². The quantitative estimate of drug-likeness (QED) is 0.575. The minimum Gasteiger partial charge on any atom is -0.345 e. The van der Waals surface area contributed by atoms with Crippen LogP contribution in [0.2, 0.25) is 0 Å². The number of sulfone groups is 1. The number of fused-ring (bicyclic) bond motifs is 1. The highest BCUT2D eigenvalue weighted by molar-refractivity contribution is 7.91. The van der Waals surface area contributed by atoms with Crippen molar-refractivity contribution in [3.05, 3.63) is 53.6 Å². The molecule has 0 atom stereocenters. The molecule has 4 rings (SSSR count). The first kappa shape index (κ1) is 21.8. The fourth-order valence-corrected chi connectivity index (χ4v) is 5.81. The summed E-state index contributed by atoms with van der Waals surface area (Å²) >= 11 is 1.69. The van der Waals surface area contributed by atoms with Crippen molar-refractivity contribution < 1.29 is 13.2 Å². The first-order valence-corrected chi connectivity index (χ1v) is 13.0. The van der Waals surface area contributed by atoms with E-state index in [0.29, 0.717) is 37.7 Å². The molecule has 6 nitrogen and oxygen atoms in total. The monoisotopic (exact) mass is 457 g/mol. The molecule has 0 saturated carbocycles. The average molecular weight is 458 g/mol. The summed E-state index contributed by atoms with van der Waals surface area (Å²) in [6, 6.07) is 12.7. The molecule has 0 radical (unpaired) electrons. The van der Waals surface area contributed by atoms with Crippen molar-refractivity contribution in [2.45, 2.75) is 31.6 Å². The van der Waals surface area contributed by atoms with E-state index in [1.165, 1.54) is 16.3 Å². The second kappa shape index (κ2) is 8.59. The van der Waals surface area contributed by atoms with Gasteiger partial charge in [0.25, 0.3) is 5.91 Å². The highest BCUT2D eigenvalue weighted by Gasteiger charge is 2.25. The Kier molecular flexibility index (Phi) is 6.03. The van der Waals surface area contributed by atoms with E-state index < -0.39 is 9.84 Å². The van der Waals surface area contributed by atoms with E-state index in [1.807, 2.05) is 0 Å². The maximum atomic E-state index is 13.0. The Bertz CT molecular complexity index is 1210. The number of benzene rings is 2. The van der Waals surface area contributed by atoms with Gasteiger partial charge in [-0.3, -0.25) is 4.79 Å². The first-order valence-electron chi connectivity index (χ1n) is 10.6. The number of rotatable bonds is 5. The molecule has 1 amide bonds. The predicted octanol–water partition coefficient (Wildman–Crippen LogP) is 4.18. The van der Waals surface area contributed by atoms with Crippen molar-refractivity contribution in [1.29, 1.82) is 0 Å². The van der Waals surface area contributed by atoms with Crippen LogP contribution in [-0.4, -0.2) is 56.1 Å². The number of nitrogens with zero attached hydrogens (tertiary/aromatic N) is 3. The maximum Gasteiger partial charge on any atom is 0.254 e. The molecule has 1 aliphatic heterocycles. The molecule has 8 heteroatoms. The molecule has 0 N–H and O–H groups in total. The van der Waals surface area contributed by atoms with Gasteiger partial charge in [-0.05, 0) is 35.7 Å². The Morgan fingerprint density at radius 3 is 2.48 bits per heavy atom. The molecular formula is C23H27N3O3S2. The zero-order chi connectivity index (χ0) is 22.2. The average Bonchev–Trinajstić information content (AvgIpc) is 3.23. The van der Waals surface area contributed by atoms with E-state index >= 15 is 0 Å². The van der Waals surface area contributed by atoms with Crippen LogP contribution in [0.3, 0.4) is 0 Å². The zero-order valence-electron chi connectivity index (χ0n) is 18.0. The van der Waals surface area contributed by atoms with Gasteiger partial charge < -0.3 is 9.80 Å². The van der Waals surface area contributed by atoms with E-state index in [4.69, 9.17) is 4.98 Å². The van der Waals surface area contributed by atoms with Gasteiger partial charge in [0, 0.05) is 31.7 Å². The highest BCUT2D eigenvalue weighted by atomic mass is 32.2. The van der Waals surface area contributed by atoms with Crippen molar-refractivity contribution in [2.24, 2.45) is 0 Å². The van der Waals surface area contributed by atoms with E-state index in [0.717, 1.165) is 10.6 Å². The second-order valence-corrected chi connectivity index (χ2v) is 11.3. The lowest BCUT2D eigenvalue weighted by Crippen LogP contribution is -2.48. The summed E-state index contributed by atoms with van der Waals surface area (Å²) in [7, 11) is -3.34. The predicted molar refractivity (Wildman–Crippen MR) is 126 cm³/mol. The maximum absolute atomic E-state index is 13.0. The molecule has 2 aromatic carbocycles. The van der Waals surface area contributed by atoms with Crippen molar-refractivity contribution >= 4 is 42.4 Å². The van der Waals surface area contributed by atoms with Gasteiger partial charge in [-0.25, -0.2) is 13.4 Å². The second-order valence-electron chi connectivity index (χ2n) is 8.06. The fourth-order valence-electron chi connectivity index (χ4n) is 3.83. The summed E-state index contributed by atoms with van der Waals surface area (Å²) in [5.74, 6) is 0.309. The molecular weight excluding hydrogens is 430 g/mol. The molecule has 31 heavy (non-hydrogen) atoms. The van der Waals surface area contributed by atoms with E-state index in [9.17, 15) is 13.2 Å². The number of carbonyl (C=O) groups excluding carboxylic acids is 1. The zero-order valence-corrected chi connectivity index (χ0v) is 19.7. The summed E-state index contributed by atoms with van der Waals surface area (Å²) in [5, 5.41) is 0.992. The Balaban J connectivity index is 1.48. The molecule has 1 aromatic heterocycles. The summed E-state index contributed by atoms with van der Waals surface area (Å²) < 4.78 is 25.5. The third-order valence-electron chi connectivity index (χ3n) is 5.72. The van der Waals surface area contributed by atoms with Crippen LogP contribution in [0.5, 0.6) is 0 Å². The van der Waals surface area contributed by atoms with E-state index in [2.05, 4.69) is 36.9 Å². The largest absolute Gasteiger partial charge is 0.345 e. The molecule has 1 saturated heterocycles. The summed E-state index contributed by atoms with van der Waals surface area (Å²) in [4.78, 5) is 22.1. The number of carbonyl (C=O) groups is 1. The SMILES string of the molecule is CCS(=O)(=O)c1cccc(C(=O)N2CCN(c3nc4c(C(C)C)cccc4s3)CC2)c1. The molecule has 164 valence electrons. The molecule has 3 aromatic rings. The standard InChI is InChI=1S/C23H27N3O3S2/c1-4-31(28,29)18-8-5-7-17(15-18)22(27)25-11-13-26(14-12-25)23-24-21-19(16(2)3)9-6-10-20(21)30-23/h5-10,15-16H,4,11-14H2,1-3H3. The number of hydrogen-bond donors (Lipinski definition) is 0. The van der Waals surface area contributed by atoms with Crippen LogP contribution in [0, 0.1) is 0 Å². The summed E-state index contributed by atoms with van der Waals surface area (Å²) in [6.45, 7) is 8.53. The van der Waals surface area contributed by atoms with Gasteiger partial charge in [0.2, 0.25) is 0 Å². The fraction of sp³-hybridized carbons (Fsp3) is 0.391. The molecule has 1 aliphatic rings. The number of para-hydroxylation sites is 1. The lowest BCUT2D eigenvalue weighted by atomic mass is 10.0. The van der Waals surface area contributed by atoms with Crippen molar-refractivity contribution in [1.82, 2.24) is 9.88 Å². The van der Waals surface area contributed by atoms with Crippen LogP contribution in [0.4, 0.5) is 5.13 Å². The van der Waals surface area contributed by atoms with E-state index in [1.54, 1.807) is 41.4 Å². The van der Waals surface area contributed by atoms with Crippen LogP contribution in [0.1, 0.15) is 42.6 Å². The number of piperazine rings is 1. The number of anilines is 1. The third kappa shape index (κ3) is 4.32. The number of hydrogen-bond acceptors (Lipinski definition) is 6. The van der Waals surface area contributed by atoms with Crippen molar-refractivity contribution in [3.63, 3.8) is 0 Å².